The average molecular weight is 339 g/mol. The molecule has 2 rings (SSSR count). The van der Waals surface area contributed by atoms with Gasteiger partial charge in [0.2, 0.25) is 0 Å². The van der Waals surface area contributed by atoms with Gasteiger partial charge >= 0.3 is 0 Å². The van der Waals surface area contributed by atoms with Crippen molar-refractivity contribution in [3.05, 3.63) is 38.1 Å². The molecule has 0 saturated carbocycles. The number of rotatable bonds is 3. The molecule has 0 fully saturated rings. The molecule has 2 N–H and O–H groups in total. The van der Waals surface area contributed by atoms with Gasteiger partial charge in [-0.3, -0.25) is 0 Å². The van der Waals surface area contributed by atoms with Gasteiger partial charge in [0.05, 0.1) is 5.69 Å². The van der Waals surface area contributed by atoms with Gasteiger partial charge in [0, 0.05) is 26.9 Å². The highest BCUT2D eigenvalue weighted by Crippen LogP contribution is 2.35. The zero-order valence-electron chi connectivity index (χ0n) is 11.7. The van der Waals surface area contributed by atoms with Crippen LogP contribution in [0.25, 0.3) is 11.3 Å². The third-order valence-corrected chi connectivity index (χ3v) is 5.17. The maximum absolute atomic E-state index is 5.85. The highest BCUT2D eigenvalue weighted by atomic mass is 79.9. The first-order valence-corrected chi connectivity index (χ1v) is 7.90. The lowest BCUT2D eigenvalue weighted by Crippen LogP contribution is -2.27. The number of aryl methyl sites for hydroxylation is 2. The molecule has 0 unspecified atom stereocenters. The largest absolute Gasteiger partial charge is 0.330 e. The Hall–Kier alpha value is -0.710. The van der Waals surface area contributed by atoms with Gasteiger partial charge in [-0.2, -0.15) is 0 Å². The van der Waals surface area contributed by atoms with Crippen LogP contribution in [0.4, 0.5) is 0 Å². The SMILES string of the molecule is Cc1ccc(Br)cc1-c1nc(C(C)(C)CN)sc1C. The normalized spacial score (nSPS) is 11.9. The van der Waals surface area contributed by atoms with E-state index < -0.39 is 0 Å². The summed E-state index contributed by atoms with van der Waals surface area (Å²) in [5, 5.41) is 1.11. The van der Waals surface area contributed by atoms with E-state index in [0.29, 0.717) is 6.54 Å². The predicted molar refractivity (Wildman–Crippen MR) is 86.8 cm³/mol. The summed E-state index contributed by atoms with van der Waals surface area (Å²) in [6.07, 6.45) is 0. The second kappa shape index (κ2) is 5.35. The van der Waals surface area contributed by atoms with Crippen molar-refractivity contribution in [2.45, 2.75) is 33.1 Å². The Balaban J connectivity index is 2.55. The Morgan fingerprint density at radius 3 is 2.63 bits per heavy atom. The Morgan fingerprint density at radius 1 is 1.32 bits per heavy atom. The van der Waals surface area contributed by atoms with E-state index >= 15 is 0 Å². The summed E-state index contributed by atoms with van der Waals surface area (Å²) in [6.45, 7) is 9.14. The summed E-state index contributed by atoms with van der Waals surface area (Å²) in [7, 11) is 0. The highest BCUT2D eigenvalue weighted by molar-refractivity contribution is 9.10. The first kappa shape index (κ1) is 14.7. The van der Waals surface area contributed by atoms with Crippen LogP contribution < -0.4 is 5.73 Å². The van der Waals surface area contributed by atoms with Gasteiger partial charge in [0.25, 0.3) is 0 Å². The summed E-state index contributed by atoms with van der Waals surface area (Å²) in [5.41, 5.74) is 9.31. The van der Waals surface area contributed by atoms with E-state index in [4.69, 9.17) is 10.7 Å². The molecule has 2 aromatic rings. The van der Waals surface area contributed by atoms with Gasteiger partial charge in [-0.05, 0) is 31.5 Å². The minimum atomic E-state index is -0.0619. The van der Waals surface area contributed by atoms with Gasteiger partial charge < -0.3 is 5.73 Å². The number of hydrogen-bond acceptors (Lipinski definition) is 3. The highest BCUT2D eigenvalue weighted by Gasteiger charge is 2.24. The molecule has 102 valence electrons. The Labute approximate surface area is 127 Å². The third-order valence-electron chi connectivity index (χ3n) is 3.34. The first-order valence-electron chi connectivity index (χ1n) is 6.29. The number of aromatic nitrogens is 1. The summed E-state index contributed by atoms with van der Waals surface area (Å²) in [5.74, 6) is 0. The van der Waals surface area contributed by atoms with Crippen LogP contribution in [0.15, 0.2) is 22.7 Å². The lowest BCUT2D eigenvalue weighted by Gasteiger charge is -2.18. The minimum Gasteiger partial charge on any atom is -0.330 e. The molecule has 4 heteroatoms. The van der Waals surface area contributed by atoms with E-state index in [1.807, 2.05) is 0 Å². The molecule has 1 aromatic carbocycles. The van der Waals surface area contributed by atoms with E-state index in [1.165, 1.54) is 16.0 Å². The van der Waals surface area contributed by atoms with E-state index in [0.717, 1.165) is 15.2 Å². The molecule has 1 aromatic heterocycles. The summed E-state index contributed by atoms with van der Waals surface area (Å²) < 4.78 is 1.08. The van der Waals surface area contributed by atoms with Gasteiger partial charge in [-0.1, -0.05) is 35.8 Å². The van der Waals surface area contributed by atoms with Crippen molar-refractivity contribution in [1.82, 2.24) is 4.98 Å². The zero-order chi connectivity index (χ0) is 14.2. The second-order valence-corrected chi connectivity index (χ2v) is 7.59. The molecule has 2 nitrogen and oxygen atoms in total. The van der Waals surface area contributed by atoms with E-state index in [9.17, 15) is 0 Å². The molecule has 1 heterocycles. The molecule has 0 amide bonds. The van der Waals surface area contributed by atoms with E-state index in [2.05, 4.69) is 61.8 Å². The first-order chi connectivity index (χ1) is 8.85. The predicted octanol–water partition coefficient (Wildman–Crippen LogP) is 4.43. The lowest BCUT2D eigenvalue weighted by molar-refractivity contribution is 0.536. The van der Waals surface area contributed by atoms with Gasteiger partial charge in [0.15, 0.2) is 0 Å². The van der Waals surface area contributed by atoms with Crippen LogP contribution in [0.3, 0.4) is 0 Å². The van der Waals surface area contributed by atoms with Crippen molar-refractivity contribution >= 4 is 27.3 Å². The monoisotopic (exact) mass is 338 g/mol. The molecular formula is C15H19BrN2S. The fourth-order valence-electron chi connectivity index (χ4n) is 1.87. The molecule has 0 radical (unpaired) electrons. The second-order valence-electron chi connectivity index (χ2n) is 5.47. The average Bonchev–Trinajstić information content (AvgIpc) is 2.75. The van der Waals surface area contributed by atoms with Crippen molar-refractivity contribution in [2.75, 3.05) is 6.54 Å². The third kappa shape index (κ3) is 2.91. The van der Waals surface area contributed by atoms with Crippen molar-refractivity contribution in [3.8, 4) is 11.3 Å². The summed E-state index contributed by atoms with van der Waals surface area (Å²) >= 11 is 5.28. The fourth-order valence-corrected chi connectivity index (χ4v) is 3.27. The van der Waals surface area contributed by atoms with Gasteiger partial charge in [-0.15, -0.1) is 11.3 Å². The maximum Gasteiger partial charge on any atom is 0.100 e. The number of nitrogens with zero attached hydrogens (tertiary/aromatic N) is 1. The standard InChI is InChI=1S/C15H19BrN2S/c1-9-5-6-11(16)7-12(9)13-10(2)19-14(18-13)15(3,4)8-17/h5-7H,8,17H2,1-4H3. The molecule has 0 bridgehead atoms. The number of thiazole rings is 1. The Kier molecular flexibility index (Phi) is 4.14. The fraction of sp³-hybridized carbons (Fsp3) is 0.400. The Bertz CT molecular complexity index is 602. The van der Waals surface area contributed by atoms with Crippen LogP contribution >= 0.6 is 27.3 Å². The molecular weight excluding hydrogens is 320 g/mol. The molecule has 19 heavy (non-hydrogen) atoms. The van der Waals surface area contributed by atoms with Crippen molar-refractivity contribution < 1.29 is 0 Å². The molecule has 0 saturated heterocycles. The molecule has 0 spiro atoms. The molecule has 0 aliphatic heterocycles. The zero-order valence-corrected chi connectivity index (χ0v) is 14.2. The maximum atomic E-state index is 5.85. The van der Waals surface area contributed by atoms with E-state index in [1.54, 1.807) is 11.3 Å². The number of nitrogens with two attached hydrogens (primary N) is 1. The smallest absolute Gasteiger partial charge is 0.100 e. The topological polar surface area (TPSA) is 38.9 Å². The summed E-state index contributed by atoms with van der Waals surface area (Å²) in [6, 6.07) is 6.31. The van der Waals surface area contributed by atoms with Gasteiger partial charge in [-0.25, -0.2) is 4.98 Å². The van der Waals surface area contributed by atoms with Crippen molar-refractivity contribution in [1.29, 1.82) is 0 Å². The number of halogens is 1. The van der Waals surface area contributed by atoms with Crippen LogP contribution in [0, 0.1) is 13.8 Å². The molecule has 0 atom stereocenters. The quantitative estimate of drug-likeness (QED) is 0.899. The van der Waals surface area contributed by atoms with Crippen LogP contribution in [0.2, 0.25) is 0 Å². The van der Waals surface area contributed by atoms with Crippen LogP contribution in [0.5, 0.6) is 0 Å². The molecule has 0 aliphatic rings. The van der Waals surface area contributed by atoms with Crippen molar-refractivity contribution in [2.24, 2.45) is 5.73 Å². The number of hydrogen-bond donors (Lipinski definition) is 1. The van der Waals surface area contributed by atoms with Crippen LogP contribution in [-0.2, 0) is 5.41 Å². The van der Waals surface area contributed by atoms with Crippen LogP contribution in [-0.4, -0.2) is 11.5 Å². The Morgan fingerprint density at radius 2 is 2.00 bits per heavy atom. The van der Waals surface area contributed by atoms with Gasteiger partial charge in [0.1, 0.15) is 5.01 Å². The number of benzene rings is 1. The van der Waals surface area contributed by atoms with E-state index in [-0.39, 0.29) is 5.41 Å². The van der Waals surface area contributed by atoms with Crippen molar-refractivity contribution in [3.63, 3.8) is 0 Å². The van der Waals surface area contributed by atoms with Crippen LogP contribution in [0.1, 0.15) is 29.3 Å². The lowest BCUT2D eigenvalue weighted by atomic mass is 9.95. The minimum absolute atomic E-state index is 0.0619. The summed E-state index contributed by atoms with van der Waals surface area (Å²) in [4.78, 5) is 6.09. The molecule has 0 aliphatic carbocycles.